The summed E-state index contributed by atoms with van der Waals surface area (Å²) < 4.78 is 5.02. The first-order valence-electron chi connectivity index (χ1n) is 8.68. The minimum atomic E-state index is -0.431. The van der Waals surface area contributed by atoms with Crippen molar-refractivity contribution in [1.29, 1.82) is 0 Å². The van der Waals surface area contributed by atoms with Gasteiger partial charge in [0.1, 0.15) is 6.26 Å². The molecule has 0 saturated carbocycles. The molecule has 2 aromatic rings. The molecule has 0 aliphatic carbocycles. The van der Waals surface area contributed by atoms with Gasteiger partial charge in [-0.05, 0) is 37.0 Å². The summed E-state index contributed by atoms with van der Waals surface area (Å²) in [4.78, 5) is 33.5. The molecule has 6 nitrogen and oxygen atoms in total. The van der Waals surface area contributed by atoms with Crippen LogP contribution in [0.3, 0.4) is 0 Å². The predicted molar refractivity (Wildman–Crippen MR) is 90.5 cm³/mol. The summed E-state index contributed by atoms with van der Waals surface area (Å²) in [6.07, 6.45) is 9.02. The van der Waals surface area contributed by atoms with Crippen molar-refractivity contribution in [3.63, 3.8) is 0 Å². The van der Waals surface area contributed by atoms with E-state index in [1.54, 1.807) is 23.4 Å². The highest BCUT2D eigenvalue weighted by atomic mass is 16.3. The SMILES string of the molecule is O=C(c1ccoc1)N1CCCC2(CCN(Cc3cccnc3)C2=O)C1. The number of hydrogen-bond donors (Lipinski definition) is 0. The van der Waals surface area contributed by atoms with Crippen molar-refractivity contribution >= 4 is 11.8 Å². The van der Waals surface area contributed by atoms with Gasteiger partial charge < -0.3 is 14.2 Å². The lowest BCUT2D eigenvalue weighted by Crippen LogP contribution is -2.49. The third-order valence-corrected chi connectivity index (χ3v) is 5.33. The molecule has 0 aromatic carbocycles. The number of furan rings is 1. The van der Waals surface area contributed by atoms with E-state index in [0.29, 0.717) is 25.2 Å². The molecule has 0 N–H and O–H groups in total. The van der Waals surface area contributed by atoms with Crippen molar-refractivity contribution in [2.45, 2.75) is 25.8 Å². The Morgan fingerprint density at radius 1 is 1.28 bits per heavy atom. The van der Waals surface area contributed by atoms with Crippen molar-refractivity contribution in [3.05, 3.63) is 54.2 Å². The van der Waals surface area contributed by atoms with E-state index in [0.717, 1.165) is 31.4 Å². The van der Waals surface area contributed by atoms with Crippen molar-refractivity contribution in [3.8, 4) is 0 Å². The van der Waals surface area contributed by atoms with Crippen LogP contribution in [-0.2, 0) is 11.3 Å². The maximum atomic E-state index is 13.1. The summed E-state index contributed by atoms with van der Waals surface area (Å²) in [7, 11) is 0. The van der Waals surface area contributed by atoms with Crippen LogP contribution in [0.5, 0.6) is 0 Å². The van der Waals surface area contributed by atoms with E-state index < -0.39 is 5.41 Å². The largest absolute Gasteiger partial charge is 0.472 e. The van der Waals surface area contributed by atoms with E-state index in [1.165, 1.54) is 12.5 Å². The maximum Gasteiger partial charge on any atom is 0.257 e. The fraction of sp³-hybridized carbons (Fsp3) is 0.421. The molecule has 1 atom stereocenters. The van der Waals surface area contributed by atoms with Crippen LogP contribution in [0, 0.1) is 5.41 Å². The monoisotopic (exact) mass is 339 g/mol. The van der Waals surface area contributed by atoms with Crippen molar-refractivity contribution in [1.82, 2.24) is 14.8 Å². The Morgan fingerprint density at radius 2 is 2.20 bits per heavy atom. The lowest BCUT2D eigenvalue weighted by atomic mass is 9.78. The van der Waals surface area contributed by atoms with Crippen LogP contribution >= 0.6 is 0 Å². The van der Waals surface area contributed by atoms with Crippen LogP contribution in [0.15, 0.2) is 47.5 Å². The number of pyridine rings is 1. The fourth-order valence-corrected chi connectivity index (χ4v) is 4.01. The van der Waals surface area contributed by atoms with Gasteiger partial charge >= 0.3 is 0 Å². The van der Waals surface area contributed by atoms with E-state index in [9.17, 15) is 9.59 Å². The first-order valence-corrected chi connectivity index (χ1v) is 8.68. The lowest BCUT2D eigenvalue weighted by Gasteiger charge is -2.39. The van der Waals surface area contributed by atoms with Gasteiger partial charge in [0.15, 0.2) is 0 Å². The molecule has 0 bridgehead atoms. The summed E-state index contributed by atoms with van der Waals surface area (Å²) in [6.45, 7) is 2.52. The van der Waals surface area contributed by atoms with E-state index in [4.69, 9.17) is 4.42 Å². The molecule has 2 aliphatic heterocycles. The molecule has 4 rings (SSSR count). The predicted octanol–water partition coefficient (Wildman–Crippen LogP) is 2.33. The van der Waals surface area contributed by atoms with Crippen LogP contribution < -0.4 is 0 Å². The number of hydrogen-bond acceptors (Lipinski definition) is 4. The van der Waals surface area contributed by atoms with Crippen LogP contribution in [0.4, 0.5) is 0 Å². The van der Waals surface area contributed by atoms with E-state index >= 15 is 0 Å². The van der Waals surface area contributed by atoms with Crippen LogP contribution in [-0.4, -0.2) is 46.2 Å². The van der Waals surface area contributed by atoms with Gasteiger partial charge in [0.25, 0.3) is 5.91 Å². The maximum absolute atomic E-state index is 13.1. The second-order valence-corrected chi connectivity index (χ2v) is 6.96. The summed E-state index contributed by atoms with van der Waals surface area (Å²) in [5.41, 5.74) is 1.16. The van der Waals surface area contributed by atoms with E-state index in [-0.39, 0.29) is 11.8 Å². The van der Waals surface area contributed by atoms with Gasteiger partial charge in [0.05, 0.1) is 17.2 Å². The van der Waals surface area contributed by atoms with Gasteiger partial charge in [-0.25, -0.2) is 0 Å². The number of nitrogens with zero attached hydrogens (tertiary/aromatic N) is 3. The first kappa shape index (κ1) is 15.9. The fourth-order valence-electron chi connectivity index (χ4n) is 4.01. The third kappa shape index (κ3) is 2.92. The molecule has 2 aliphatic rings. The highest BCUT2D eigenvalue weighted by Gasteiger charge is 2.49. The Bertz CT molecular complexity index is 759. The van der Waals surface area contributed by atoms with E-state index in [1.807, 2.05) is 17.0 Å². The molecule has 0 radical (unpaired) electrons. The zero-order valence-electron chi connectivity index (χ0n) is 14.1. The number of amides is 2. The highest BCUT2D eigenvalue weighted by Crippen LogP contribution is 2.41. The standard InChI is InChI=1S/C19H21N3O3/c23-17(16-4-10-25-13-16)22-8-2-5-19(14-22)6-9-21(18(19)24)12-15-3-1-7-20-11-15/h1,3-4,7,10-11,13H,2,5-6,8-9,12,14H2. The lowest BCUT2D eigenvalue weighted by molar-refractivity contribution is -0.138. The van der Waals surface area contributed by atoms with Gasteiger partial charge in [0.2, 0.25) is 5.91 Å². The molecule has 2 amide bonds. The first-order chi connectivity index (χ1) is 12.2. The molecule has 130 valence electrons. The Morgan fingerprint density at radius 3 is 2.96 bits per heavy atom. The molecule has 2 fully saturated rings. The van der Waals surface area contributed by atoms with Crippen LogP contribution in [0.1, 0.15) is 35.2 Å². The molecule has 2 aromatic heterocycles. The second-order valence-electron chi connectivity index (χ2n) is 6.96. The minimum Gasteiger partial charge on any atom is -0.472 e. The van der Waals surface area contributed by atoms with Crippen molar-refractivity contribution < 1.29 is 14.0 Å². The van der Waals surface area contributed by atoms with Crippen molar-refractivity contribution in [2.24, 2.45) is 5.41 Å². The Balaban J connectivity index is 1.48. The normalized spacial score (nSPS) is 23.4. The zero-order valence-corrected chi connectivity index (χ0v) is 14.1. The quantitative estimate of drug-likeness (QED) is 0.861. The average Bonchev–Trinajstić information content (AvgIpc) is 3.28. The molecule has 25 heavy (non-hydrogen) atoms. The topological polar surface area (TPSA) is 66.7 Å². The van der Waals surface area contributed by atoms with Gasteiger partial charge in [-0.15, -0.1) is 0 Å². The highest BCUT2D eigenvalue weighted by molar-refractivity contribution is 5.95. The van der Waals surface area contributed by atoms with E-state index in [2.05, 4.69) is 4.98 Å². The number of piperidine rings is 1. The number of rotatable bonds is 3. The number of aromatic nitrogens is 1. The second kappa shape index (κ2) is 6.35. The molecule has 1 spiro atoms. The van der Waals surface area contributed by atoms with Crippen LogP contribution in [0.2, 0.25) is 0 Å². The smallest absolute Gasteiger partial charge is 0.257 e. The van der Waals surface area contributed by atoms with Gasteiger partial charge in [0, 0.05) is 38.6 Å². The van der Waals surface area contributed by atoms with Crippen molar-refractivity contribution in [2.75, 3.05) is 19.6 Å². The molecular formula is C19H21N3O3. The number of carbonyl (C=O) groups excluding carboxylic acids is 2. The molecule has 6 heteroatoms. The molecule has 1 unspecified atom stereocenters. The summed E-state index contributed by atoms with van der Waals surface area (Å²) in [6, 6.07) is 5.55. The zero-order chi connectivity index (χ0) is 17.3. The van der Waals surface area contributed by atoms with Gasteiger partial charge in [-0.2, -0.15) is 0 Å². The van der Waals surface area contributed by atoms with Gasteiger partial charge in [-0.1, -0.05) is 6.07 Å². The Hall–Kier alpha value is -2.63. The summed E-state index contributed by atoms with van der Waals surface area (Å²) in [5.74, 6) is 0.118. The Labute approximate surface area is 146 Å². The molecular weight excluding hydrogens is 318 g/mol. The molecule has 4 heterocycles. The van der Waals surface area contributed by atoms with Crippen LogP contribution in [0.25, 0.3) is 0 Å². The third-order valence-electron chi connectivity index (χ3n) is 5.33. The summed E-state index contributed by atoms with van der Waals surface area (Å²) >= 11 is 0. The molecule has 2 saturated heterocycles. The summed E-state index contributed by atoms with van der Waals surface area (Å²) in [5, 5.41) is 0. The number of likely N-dealkylation sites (tertiary alicyclic amines) is 2. The Kier molecular flexibility index (Phi) is 4.03. The number of carbonyl (C=O) groups is 2. The van der Waals surface area contributed by atoms with Gasteiger partial charge in [-0.3, -0.25) is 14.6 Å². The minimum absolute atomic E-state index is 0.0497. The average molecular weight is 339 g/mol.